The molecule has 8 heteroatoms. The molecule has 154 valence electrons. The van der Waals surface area contributed by atoms with Crippen LogP contribution in [0.5, 0.6) is 0 Å². The largest absolute Gasteiger partial charge is 0.352 e. The number of aromatic nitrogens is 5. The smallest absolute Gasteiger partial charge is 0.201 e. The number of nitrogens with one attached hydrogen (secondary N) is 2. The third kappa shape index (κ3) is 3.75. The SMILES string of the molecule is Cc1cccc(-c2[nH]c(NCc3cccc(Cl)c3F)nc2-c2ccn3nccc3c2)n1. The van der Waals surface area contributed by atoms with E-state index in [0.717, 1.165) is 33.9 Å². The fourth-order valence-electron chi connectivity index (χ4n) is 3.47. The Labute approximate surface area is 182 Å². The van der Waals surface area contributed by atoms with Crippen LogP contribution in [0.4, 0.5) is 10.3 Å². The number of nitrogens with zero attached hydrogens (tertiary/aromatic N) is 4. The number of aromatic amines is 1. The summed E-state index contributed by atoms with van der Waals surface area (Å²) in [5.74, 6) is 0.0799. The summed E-state index contributed by atoms with van der Waals surface area (Å²) in [7, 11) is 0. The fourth-order valence-corrected chi connectivity index (χ4v) is 3.66. The van der Waals surface area contributed by atoms with Crippen LogP contribution in [0.2, 0.25) is 5.02 Å². The molecule has 2 N–H and O–H groups in total. The van der Waals surface area contributed by atoms with Crippen molar-refractivity contribution in [2.24, 2.45) is 0 Å². The Morgan fingerprint density at radius 3 is 2.84 bits per heavy atom. The summed E-state index contributed by atoms with van der Waals surface area (Å²) in [6.45, 7) is 2.18. The molecule has 0 bridgehead atoms. The lowest BCUT2D eigenvalue weighted by Crippen LogP contribution is -2.03. The van der Waals surface area contributed by atoms with E-state index in [9.17, 15) is 4.39 Å². The number of anilines is 1. The molecule has 0 atom stereocenters. The van der Waals surface area contributed by atoms with Gasteiger partial charge < -0.3 is 10.3 Å². The van der Waals surface area contributed by atoms with Crippen molar-refractivity contribution in [2.75, 3.05) is 5.32 Å². The van der Waals surface area contributed by atoms with Crippen molar-refractivity contribution < 1.29 is 4.39 Å². The highest BCUT2D eigenvalue weighted by Gasteiger charge is 2.16. The van der Waals surface area contributed by atoms with Gasteiger partial charge in [0.25, 0.3) is 0 Å². The first kappa shape index (κ1) is 19.3. The Morgan fingerprint density at radius 2 is 1.97 bits per heavy atom. The molecule has 0 aliphatic heterocycles. The number of fused-ring (bicyclic) bond motifs is 1. The van der Waals surface area contributed by atoms with Crippen LogP contribution in [0.15, 0.2) is 67.0 Å². The molecule has 0 aliphatic rings. The number of imidazole rings is 1. The third-order valence-corrected chi connectivity index (χ3v) is 5.29. The summed E-state index contributed by atoms with van der Waals surface area (Å²) >= 11 is 5.90. The highest BCUT2D eigenvalue weighted by atomic mass is 35.5. The van der Waals surface area contributed by atoms with Crippen LogP contribution in [-0.4, -0.2) is 24.6 Å². The lowest BCUT2D eigenvalue weighted by molar-refractivity contribution is 0.613. The normalized spacial score (nSPS) is 11.2. The van der Waals surface area contributed by atoms with Crippen LogP contribution >= 0.6 is 11.6 Å². The molecule has 0 aliphatic carbocycles. The van der Waals surface area contributed by atoms with Gasteiger partial charge in [-0.2, -0.15) is 5.10 Å². The van der Waals surface area contributed by atoms with Gasteiger partial charge in [0.05, 0.1) is 21.9 Å². The predicted octanol–water partition coefficient (Wildman–Crippen LogP) is 5.50. The Hall–Kier alpha value is -3.71. The van der Waals surface area contributed by atoms with Crippen LogP contribution in [-0.2, 0) is 6.54 Å². The van der Waals surface area contributed by atoms with E-state index in [-0.39, 0.29) is 11.6 Å². The number of rotatable bonds is 5. The zero-order chi connectivity index (χ0) is 21.4. The molecular weight excluding hydrogens is 415 g/mol. The van der Waals surface area contributed by atoms with E-state index in [1.807, 2.05) is 49.5 Å². The van der Waals surface area contributed by atoms with E-state index >= 15 is 0 Å². The highest BCUT2D eigenvalue weighted by Crippen LogP contribution is 2.31. The molecule has 1 aromatic carbocycles. The lowest BCUT2D eigenvalue weighted by atomic mass is 10.1. The molecule has 31 heavy (non-hydrogen) atoms. The van der Waals surface area contributed by atoms with Crippen LogP contribution in [0, 0.1) is 12.7 Å². The molecule has 5 aromatic rings. The first-order valence-electron chi connectivity index (χ1n) is 9.73. The molecule has 0 saturated carbocycles. The van der Waals surface area contributed by atoms with Gasteiger partial charge >= 0.3 is 0 Å². The van der Waals surface area contributed by atoms with E-state index in [4.69, 9.17) is 16.6 Å². The molecule has 4 aromatic heterocycles. The lowest BCUT2D eigenvalue weighted by Gasteiger charge is -2.05. The number of H-pyrrole nitrogens is 1. The zero-order valence-electron chi connectivity index (χ0n) is 16.6. The van der Waals surface area contributed by atoms with Gasteiger partial charge in [-0.25, -0.2) is 13.9 Å². The van der Waals surface area contributed by atoms with Crippen LogP contribution in [0.25, 0.3) is 28.2 Å². The molecule has 0 radical (unpaired) electrons. The van der Waals surface area contributed by atoms with Gasteiger partial charge in [-0.1, -0.05) is 29.8 Å². The van der Waals surface area contributed by atoms with E-state index in [1.54, 1.807) is 22.8 Å². The maximum atomic E-state index is 14.3. The van der Waals surface area contributed by atoms with Gasteiger partial charge in [-0.15, -0.1) is 0 Å². The maximum Gasteiger partial charge on any atom is 0.201 e. The molecule has 5 rings (SSSR count). The van der Waals surface area contributed by atoms with Gasteiger partial charge in [0.1, 0.15) is 11.5 Å². The number of hydrogen-bond acceptors (Lipinski definition) is 4. The van der Waals surface area contributed by atoms with Crippen molar-refractivity contribution >= 4 is 23.1 Å². The molecule has 0 amide bonds. The second kappa shape index (κ2) is 7.85. The minimum atomic E-state index is -0.435. The first-order chi connectivity index (χ1) is 15.1. The van der Waals surface area contributed by atoms with Gasteiger partial charge in [0, 0.05) is 35.8 Å². The minimum absolute atomic E-state index is 0.0955. The molecule has 0 fully saturated rings. The van der Waals surface area contributed by atoms with Crippen LogP contribution < -0.4 is 5.32 Å². The number of aryl methyl sites for hydroxylation is 1. The van der Waals surface area contributed by atoms with Gasteiger partial charge in [-0.3, -0.25) is 4.98 Å². The predicted molar refractivity (Wildman–Crippen MR) is 119 cm³/mol. The summed E-state index contributed by atoms with van der Waals surface area (Å²) in [6.07, 6.45) is 3.64. The van der Waals surface area contributed by atoms with Gasteiger partial charge in [0.2, 0.25) is 5.95 Å². The van der Waals surface area contributed by atoms with Crippen LogP contribution in [0.1, 0.15) is 11.3 Å². The summed E-state index contributed by atoms with van der Waals surface area (Å²) in [6, 6.07) is 16.7. The quantitative estimate of drug-likeness (QED) is 0.384. The molecular formula is C23H18ClFN6. The number of halogens is 2. The average Bonchev–Trinajstić information content (AvgIpc) is 3.41. The summed E-state index contributed by atoms with van der Waals surface area (Å²) in [5.41, 5.74) is 5.54. The highest BCUT2D eigenvalue weighted by molar-refractivity contribution is 6.30. The maximum absolute atomic E-state index is 14.3. The monoisotopic (exact) mass is 432 g/mol. The van der Waals surface area contributed by atoms with Gasteiger partial charge in [0.15, 0.2) is 0 Å². The number of benzene rings is 1. The van der Waals surface area contributed by atoms with Gasteiger partial charge in [-0.05, 0) is 43.3 Å². The average molecular weight is 433 g/mol. The third-order valence-electron chi connectivity index (χ3n) is 5.00. The van der Waals surface area contributed by atoms with E-state index in [2.05, 4.69) is 20.4 Å². The van der Waals surface area contributed by atoms with Crippen LogP contribution in [0.3, 0.4) is 0 Å². The molecule has 0 spiro atoms. The topological polar surface area (TPSA) is 70.9 Å². The second-order valence-corrected chi connectivity index (χ2v) is 7.56. The molecule has 6 nitrogen and oxygen atoms in total. The van der Waals surface area contributed by atoms with Crippen molar-refractivity contribution in [3.63, 3.8) is 0 Å². The zero-order valence-corrected chi connectivity index (χ0v) is 17.4. The van der Waals surface area contributed by atoms with Crippen molar-refractivity contribution in [1.29, 1.82) is 0 Å². The molecule has 0 unspecified atom stereocenters. The van der Waals surface area contributed by atoms with E-state index in [1.165, 1.54) is 6.07 Å². The van der Waals surface area contributed by atoms with E-state index in [0.29, 0.717) is 11.5 Å². The first-order valence-corrected chi connectivity index (χ1v) is 10.1. The minimum Gasteiger partial charge on any atom is -0.352 e. The van der Waals surface area contributed by atoms with E-state index < -0.39 is 5.82 Å². The van der Waals surface area contributed by atoms with Crippen molar-refractivity contribution in [3.8, 4) is 22.6 Å². The Bertz CT molecular complexity index is 1390. The summed E-state index contributed by atoms with van der Waals surface area (Å²) in [5, 5.41) is 7.51. The Balaban J connectivity index is 1.55. The fraction of sp³-hybridized carbons (Fsp3) is 0.0870. The second-order valence-electron chi connectivity index (χ2n) is 7.16. The molecule has 0 saturated heterocycles. The number of pyridine rings is 2. The number of hydrogen-bond donors (Lipinski definition) is 2. The summed E-state index contributed by atoms with van der Waals surface area (Å²) < 4.78 is 16.1. The van der Waals surface area contributed by atoms with Crippen molar-refractivity contribution in [2.45, 2.75) is 13.5 Å². The molecule has 4 heterocycles. The summed E-state index contributed by atoms with van der Waals surface area (Å²) in [4.78, 5) is 12.7. The van der Waals surface area contributed by atoms with Crippen molar-refractivity contribution in [1.82, 2.24) is 24.6 Å². The van der Waals surface area contributed by atoms with Crippen molar-refractivity contribution in [3.05, 3.63) is 89.1 Å². The Kier molecular flexibility index (Phi) is 4.88. The standard InChI is InChI=1S/C23H18ClFN6/c1-14-4-2-7-19(28-14)22-21(15-9-11-31-17(12-15)8-10-27-31)29-23(30-22)26-13-16-5-3-6-18(24)20(16)25/h2-12H,13H2,1H3,(H2,26,29,30). The Morgan fingerprint density at radius 1 is 1.10 bits per heavy atom.